The van der Waals surface area contributed by atoms with E-state index < -0.39 is 97.1 Å². The van der Waals surface area contributed by atoms with Gasteiger partial charge in [0, 0.05) is 0 Å². The Morgan fingerprint density at radius 1 is 0.278 bits per heavy atom. The predicted molar refractivity (Wildman–Crippen MR) is 220 cm³/mol. The summed E-state index contributed by atoms with van der Waals surface area (Å²) in [7, 11) is 101. The van der Waals surface area contributed by atoms with Crippen LogP contribution in [0, 0.1) is 0 Å². The highest BCUT2D eigenvalue weighted by Crippen LogP contribution is 2.17. The summed E-state index contributed by atoms with van der Waals surface area (Å²) in [4.78, 5) is 0. The van der Waals surface area contributed by atoms with E-state index in [0.717, 1.165) is 0 Å². The van der Waals surface area contributed by atoms with Gasteiger partial charge in [0.2, 0.25) is 0 Å². The molecule has 0 saturated heterocycles. The van der Waals surface area contributed by atoms with E-state index in [1.54, 1.807) is 0 Å². The Kier molecular flexibility index (Phi) is 18.5. The van der Waals surface area contributed by atoms with Crippen molar-refractivity contribution >= 4 is 256 Å². The fraction of sp³-hybridized carbons (Fsp3) is 0. The van der Waals surface area contributed by atoms with Gasteiger partial charge in [-0.15, -0.1) is 21.9 Å². The van der Waals surface area contributed by atoms with Crippen LogP contribution in [-0.2, 0) is 0 Å². The van der Waals surface area contributed by atoms with Crippen LogP contribution >= 0.6 is 0 Å². The van der Waals surface area contributed by atoms with Crippen LogP contribution in [0.1, 0.15) is 0 Å². The van der Waals surface area contributed by atoms with Crippen LogP contribution in [0.2, 0.25) is 0 Å². The van der Waals surface area contributed by atoms with Gasteiger partial charge in [-0.05, 0) is 213 Å². The number of rotatable bonds is 16. The molecule has 36 heavy (non-hydrogen) atoms. The molecule has 0 heterocycles. The lowest BCUT2D eigenvalue weighted by Gasteiger charge is -2.54. The van der Waals surface area contributed by atoms with Gasteiger partial charge < -0.3 is 0 Å². The molecule has 0 aliphatic heterocycles. The van der Waals surface area contributed by atoms with Crippen LogP contribution in [-0.4, -0.2) is 256 Å². The van der Waals surface area contributed by atoms with E-state index in [4.69, 9.17) is 124 Å². The molecule has 0 aliphatic carbocycles. The Bertz CT molecular complexity index is 509. The van der Waals surface area contributed by atoms with E-state index in [-0.39, 0.29) is 28.2 Å². The Labute approximate surface area is 254 Å². The highest BCUT2D eigenvalue weighted by Gasteiger charge is 2.54. The van der Waals surface area contributed by atoms with Gasteiger partial charge in [0.05, 0.1) is 0 Å². The molecule has 0 N–H and O–H groups in total. The number of hydrogen-bond donors (Lipinski definition) is 0. The maximum absolute atomic E-state index is 6.99. The van der Waals surface area contributed by atoms with Crippen LogP contribution in [0.25, 0.3) is 0 Å². The molecule has 0 atom stereocenters. The second kappa shape index (κ2) is 17.3. The zero-order chi connectivity index (χ0) is 28.8. The largest absolute Gasteiger partial charge is 0.262 e. The first-order valence-corrected chi connectivity index (χ1v) is 10.7. The summed E-state index contributed by atoms with van der Waals surface area (Å²) in [5.74, 6) is 0. The van der Waals surface area contributed by atoms with Gasteiger partial charge in [-0.25, -0.2) is 0 Å². The lowest BCUT2D eigenvalue weighted by molar-refractivity contribution is 3.23. The van der Waals surface area contributed by atoms with Crippen LogP contribution < -0.4 is 0 Å². The topological polar surface area (TPSA) is 0 Å². The molecule has 0 amide bonds. The number of hydrogen-bond acceptors (Lipinski definition) is 0. The summed E-state index contributed by atoms with van der Waals surface area (Å²) in [6.07, 6.45) is -11.4. The summed E-state index contributed by atoms with van der Waals surface area (Å²) in [6, 6.07) is 0. The van der Waals surface area contributed by atoms with E-state index in [1.807, 2.05) is 0 Å². The van der Waals surface area contributed by atoms with Crippen molar-refractivity contribution in [1.82, 2.24) is 0 Å². The molecule has 0 aromatic rings. The molecule has 0 rings (SSSR count). The molecule has 120 valence electrons. The van der Waals surface area contributed by atoms with Gasteiger partial charge in [-0.2, -0.15) is 0 Å². The van der Waals surface area contributed by atoms with Crippen molar-refractivity contribution in [2.24, 2.45) is 0 Å². The minimum Gasteiger partial charge on any atom is -0.262 e. The van der Waals surface area contributed by atoms with Gasteiger partial charge in [0.1, 0.15) is 0 Å². The Morgan fingerprint density at radius 2 is 0.500 bits per heavy atom. The molecule has 36 heteroatoms. The van der Waals surface area contributed by atoms with Crippen LogP contribution in [0.4, 0.5) is 0 Å². The maximum atomic E-state index is 6.99. The average Bonchev–Trinajstić information content (AvgIpc) is 2.66. The van der Waals surface area contributed by atoms with Crippen molar-refractivity contribution in [3.63, 3.8) is 0 Å². The van der Waals surface area contributed by atoms with Crippen molar-refractivity contribution < 1.29 is 0 Å². The lowest BCUT2D eigenvalue weighted by Crippen LogP contribution is -2.91. The summed E-state index contributed by atoms with van der Waals surface area (Å²) in [5.41, 5.74) is 0. The fourth-order valence-corrected chi connectivity index (χ4v) is 5.13. The van der Waals surface area contributed by atoms with Gasteiger partial charge in [0.15, 0.2) is 0 Å². The summed E-state index contributed by atoms with van der Waals surface area (Å²) >= 11 is 0. The summed E-state index contributed by atoms with van der Waals surface area (Å²) in [5, 5.41) is 0. The second-order valence-electron chi connectivity index (χ2n) is 8.85. The zero-order valence-corrected chi connectivity index (χ0v) is 19.1. The van der Waals surface area contributed by atoms with Gasteiger partial charge >= 0.3 is 0 Å². The molecule has 0 spiro atoms. The molecule has 0 saturated carbocycles. The van der Waals surface area contributed by atoms with Crippen molar-refractivity contribution in [3.05, 3.63) is 0 Å². The third-order valence-corrected chi connectivity index (χ3v) is 6.44. The van der Waals surface area contributed by atoms with Crippen molar-refractivity contribution in [2.75, 3.05) is 0 Å². The monoisotopic (exact) mass is 405 g/mol. The molecular weight excluding hydrogens is 389 g/mol. The van der Waals surface area contributed by atoms with Crippen LogP contribution in [0.15, 0.2) is 0 Å². The Hall–Kier alpha value is 2.34. The van der Waals surface area contributed by atoms with Crippen molar-refractivity contribution in [1.29, 1.82) is 0 Å². The van der Waals surface area contributed by atoms with E-state index in [1.165, 1.54) is 0 Å². The van der Waals surface area contributed by atoms with E-state index in [2.05, 4.69) is 0 Å². The van der Waals surface area contributed by atoms with Gasteiger partial charge in [0.25, 0.3) is 0 Å². The first-order valence-electron chi connectivity index (χ1n) is 10.7. The first-order chi connectivity index (χ1) is 16.3. The van der Waals surface area contributed by atoms with Crippen molar-refractivity contribution in [2.45, 2.75) is 0 Å². The van der Waals surface area contributed by atoms with Crippen LogP contribution in [0.5, 0.6) is 0 Å². The van der Waals surface area contributed by atoms with E-state index >= 15 is 0 Å². The van der Waals surface area contributed by atoms with Crippen molar-refractivity contribution in [3.8, 4) is 0 Å². The molecule has 0 bridgehead atoms. The third kappa shape index (κ3) is 10.3. The van der Waals surface area contributed by atoms with E-state index in [0.29, 0.717) is 6.39 Å². The molecule has 32 radical (unpaired) electrons. The maximum Gasteiger partial charge on any atom is -0.000000000000248 e. The SMILES string of the molecule is [B]B([B])B(B([B])[B])B(B(B([B])[B])B([B])[B])B(B(B([B])[B])B([B])[B])B(B([B])B([BH3-])[BH3-])B(B([B])[B])B([B])[BH3-]. The predicted octanol–water partition coefficient (Wildman–Crippen LogP) is -16.1. The van der Waals surface area contributed by atoms with Gasteiger partial charge in [-0.3, -0.25) is 6.39 Å². The summed E-state index contributed by atoms with van der Waals surface area (Å²) in [6.45, 7) is 0. The molecular formula is H9B36-3. The molecule has 0 unspecified atom stereocenters. The highest BCUT2D eigenvalue weighted by atomic mass is 13.4. The second-order valence-corrected chi connectivity index (χ2v) is 8.85. The normalized spacial score (nSPS) is 9.64. The quantitative estimate of drug-likeness (QED) is 0.227. The first kappa shape index (κ1) is 38.3. The summed E-state index contributed by atoms with van der Waals surface area (Å²) < 4.78 is 0. The smallest absolute Gasteiger partial charge is 0.000000000000248 e. The zero-order valence-electron chi connectivity index (χ0n) is 19.1. The molecule has 0 aromatic heterocycles. The molecule has 0 aromatic carbocycles. The Balaban J connectivity index is 7.84. The molecule has 0 fully saturated rings. The molecule has 0 aliphatic rings. The highest BCUT2D eigenvalue weighted by molar-refractivity contribution is 8.30. The standard InChI is InChI=1S/B36H9/c1-20(2)29(19)34(30(21(3)4)22(5)6)36(33(27(15)16)28(17)18)35(31(23(7)8)24(9)10)32(25(11)12)26(13)14/h1-3H3/q-3. The van der Waals surface area contributed by atoms with E-state index in [9.17, 15) is 0 Å². The minimum atomic E-state index is -1.01. The van der Waals surface area contributed by atoms with Crippen LogP contribution in [0.3, 0.4) is 0 Å². The average molecular weight is 398 g/mol. The Morgan fingerprint density at radius 3 is 0.667 bits per heavy atom. The lowest BCUT2D eigenvalue weighted by atomic mass is 8.29. The molecule has 0 nitrogen and oxygen atoms in total. The minimum absolute atomic E-state index is 0.108. The third-order valence-electron chi connectivity index (χ3n) is 6.44. The fourth-order valence-electron chi connectivity index (χ4n) is 5.13. The van der Waals surface area contributed by atoms with Gasteiger partial charge in [-0.1, -0.05) is 14.1 Å².